The summed E-state index contributed by atoms with van der Waals surface area (Å²) in [5.41, 5.74) is 7.33. The lowest BCUT2D eigenvalue weighted by Gasteiger charge is -2.17. The number of rotatable bonds is 9. The highest BCUT2D eigenvalue weighted by molar-refractivity contribution is 5.38. The molecule has 9 heteroatoms. The molecule has 2 aromatic carbocycles. The minimum Gasteiger partial charge on any atom is -0.497 e. The normalized spacial score (nSPS) is 10.7. The molecule has 0 spiro atoms. The fourth-order valence-corrected chi connectivity index (χ4v) is 3.67. The monoisotopic (exact) mass is 473 g/mol. The van der Waals surface area contributed by atoms with Crippen LogP contribution in [-0.2, 0) is 19.6 Å². The highest BCUT2D eigenvalue weighted by Crippen LogP contribution is 2.15. The number of hydrogen-bond acceptors (Lipinski definition) is 7. The highest BCUT2D eigenvalue weighted by Gasteiger charge is 2.13. The van der Waals surface area contributed by atoms with Gasteiger partial charge < -0.3 is 20.5 Å². The Hall–Kier alpha value is -4.53. The Morgan fingerprint density at radius 2 is 1.40 bits per heavy atom. The number of nitrogens with one attached hydrogen (secondary N) is 1. The minimum absolute atomic E-state index is 0.140. The lowest BCUT2D eigenvalue weighted by molar-refractivity contribution is 0.414. The SMILES string of the molecule is COc1ccc(Cn2c(NCc3cccc(N)n3)cc(=O)n(Cc3ccc(OC)cc3)c2=O)cc1. The van der Waals surface area contributed by atoms with Crippen LogP contribution in [0.15, 0.2) is 82.4 Å². The van der Waals surface area contributed by atoms with Crippen LogP contribution in [0.1, 0.15) is 16.8 Å². The molecule has 0 saturated carbocycles. The zero-order chi connectivity index (χ0) is 24.8. The molecule has 0 saturated heterocycles. The lowest BCUT2D eigenvalue weighted by atomic mass is 10.2. The van der Waals surface area contributed by atoms with Crippen LogP contribution in [0.25, 0.3) is 0 Å². The summed E-state index contributed by atoms with van der Waals surface area (Å²) in [5.74, 6) is 2.21. The topological polar surface area (TPSA) is 113 Å². The molecule has 0 amide bonds. The van der Waals surface area contributed by atoms with Gasteiger partial charge in [0.1, 0.15) is 23.1 Å². The molecule has 180 valence electrons. The number of anilines is 2. The van der Waals surface area contributed by atoms with E-state index >= 15 is 0 Å². The molecule has 0 aliphatic heterocycles. The average molecular weight is 474 g/mol. The van der Waals surface area contributed by atoms with Gasteiger partial charge in [0.2, 0.25) is 0 Å². The van der Waals surface area contributed by atoms with E-state index in [-0.39, 0.29) is 13.1 Å². The van der Waals surface area contributed by atoms with Gasteiger partial charge in [0.05, 0.1) is 39.5 Å². The van der Waals surface area contributed by atoms with E-state index in [9.17, 15) is 9.59 Å². The second-order valence-corrected chi connectivity index (χ2v) is 7.93. The van der Waals surface area contributed by atoms with Gasteiger partial charge in [0.25, 0.3) is 5.56 Å². The van der Waals surface area contributed by atoms with Gasteiger partial charge in [-0.1, -0.05) is 30.3 Å². The maximum absolute atomic E-state index is 13.5. The maximum Gasteiger partial charge on any atom is 0.333 e. The van der Waals surface area contributed by atoms with Gasteiger partial charge in [0.15, 0.2) is 0 Å². The summed E-state index contributed by atoms with van der Waals surface area (Å²) >= 11 is 0. The summed E-state index contributed by atoms with van der Waals surface area (Å²) in [6.07, 6.45) is 0. The number of hydrogen-bond donors (Lipinski definition) is 2. The van der Waals surface area contributed by atoms with Gasteiger partial charge >= 0.3 is 5.69 Å². The van der Waals surface area contributed by atoms with Crippen molar-refractivity contribution in [3.8, 4) is 11.5 Å². The van der Waals surface area contributed by atoms with Crippen molar-refractivity contribution < 1.29 is 9.47 Å². The molecule has 0 aliphatic carbocycles. The molecule has 0 radical (unpaired) electrons. The van der Waals surface area contributed by atoms with Gasteiger partial charge in [-0.05, 0) is 47.5 Å². The molecular weight excluding hydrogens is 446 g/mol. The zero-order valence-corrected chi connectivity index (χ0v) is 19.6. The fourth-order valence-electron chi connectivity index (χ4n) is 3.67. The number of methoxy groups -OCH3 is 2. The van der Waals surface area contributed by atoms with Crippen LogP contribution in [-0.4, -0.2) is 28.3 Å². The summed E-state index contributed by atoms with van der Waals surface area (Å²) in [6.45, 7) is 0.703. The molecule has 9 nitrogen and oxygen atoms in total. The first-order valence-electron chi connectivity index (χ1n) is 11.0. The predicted octanol–water partition coefficient (Wildman–Crippen LogP) is 2.71. The van der Waals surface area contributed by atoms with E-state index in [2.05, 4.69) is 10.3 Å². The molecule has 0 aliphatic rings. The number of nitrogen functional groups attached to an aromatic ring is 1. The molecule has 0 unspecified atom stereocenters. The number of nitrogens with two attached hydrogens (primary N) is 1. The average Bonchev–Trinajstić information content (AvgIpc) is 2.88. The van der Waals surface area contributed by atoms with Crippen LogP contribution < -0.4 is 31.8 Å². The largest absolute Gasteiger partial charge is 0.497 e. The van der Waals surface area contributed by atoms with E-state index < -0.39 is 11.2 Å². The Bertz CT molecular complexity index is 1410. The Kier molecular flexibility index (Phi) is 7.15. The quantitative estimate of drug-likeness (QED) is 0.384. The summed E-state index contributed by atoms with van der Waals surface area (Å²) in [5, 5.41) is 3.18. The Balaban J connectivity index is 1.70. The van der Waals surface area contributed by atoms with Crippen LogP contribution >= 0.6 is 0 Å². The zero-order valence-electron chi connectivity index (χ0n) is 19.6. The number of benzene rings is 2. The predicted molar refractivity (Wildman–Crippen MR) is 135 cm³/mol. The Labute approximate surface area is 202 Å². The van der Waals surface area contributed by atoms with Gasteiger partial charge in [-0.25, -0.2) is 9.78 Å². The van der Waals surface area contributed by atoms with E-state index in [0.717, 1.165) is 16.9 Å². The lowest BCUT2D eigenvalue weighted by Crippen LogP contribution is -2.41. The van der Waals surface area contributed by atoms with Crippen molar-refractivity contribution in [1.82, 2.24) is 14.1 Å². The van der Waals surface area contributed by atoms with Crippen LogP contribution in [0.5, 0.6) is 11.5 Å². The number of ether oxygens (including phenoxy) is 2. The van der Waals surface area contributed by atoms with Gasteiger partial charge in [0, 0.05) is 6.07 Å². The molecule has 2 heterocycles. The standard InChI is InChI=1S/C26H27N5O4/c1-34-21-10-6-18(7-11-21)16-30-24(28-15-20-4-3-5-23(27)29-20)14-25(32)31(26(30)33)17-19-8-12-22(35-2)13-9-19/h3-14,28H,15-17H2,1-2H3,(H2,27,29). The highest BCUT2D eigenvalue weighted by atomic mass is 16.5. The Morgan fingerprint density at radius 3 is 1.94 bits per heavy atom. The van der Waals surface area contributed by atoms with Crippen molar-refractivity contribution in [2.75, 3.05) is 25.3 Å². The third-order valence-electron chi connectivity index (χ3n) is 5.56. The first-order valence-corrected chi connectivity index (χ1v) is 11.0. The third-order valence-corrected chi connectivity index (χ3v) is 5.56. The van der Waals surface area contributed by atoms with Crippen molar-refractivity contribution >= 4 is 11.6 Å². The molecule has 2 aromatic heterocycles. The molecule has 3 N–H and O–H groups in total. The first-order chi connectivity index (χ1) is 17.0. The number of aromatic nitrogens is 3. The van der Waals surface area contributed by atoms with E-state index in [1.165, 1.54) is 10.6 Å². The molecule has 0 bridgehead atoms. The van der Waals surface area contributed by atoms with E-state index in [1.807, 2.05) is 42.5 Å². The summed E-state index contributed by atoms with van der Waals surface area (Å²) in [6, 6.07) is 21.4. The second-order valence-electron chi connectivity index (χ2n) is 7.93. The van der Waals surface area contributed by atoms with Crippen LogP contribution in [0.2, 0.25) is 0 Å². The minimum atomic E-state index is -0.424. The summed E-state index contributed by atoms with van der Waals surface area (Å²) in [4.78, 5) is 30.8. The van der Waals surface area contributed by atoms with Crippen molar-refractivity contribution in [2.24, 2.45) is 0 Å². The summed E-state index contributed by atoms with van der Waals surface area (Å²) < 4.78 is 13.2. The van der Waals surface area contributed by atoms with E-state index in [0.29, 0.717) is 29.6 Å². The number of pyridine rings is 1. The smallest absolute Gasteiger partial charge is 0.333 e. The molecule has 4 rings (SSSR count). The van der Waals surface area contributed by atoms with Crippen LogP contribution in [0.4, 0.5) is 11.6 Å². The maximum atomic E-state index is 13.5. The molecule has 4 aromatic rings. The van der Waals surface area contributed by atoms with E-state index in [1.54, 1.807) is 43.1 Å². The Morgan fingerprint density at radius 1 is 0.829 bits per heavy atom. The molecular formula is C26H27N5O4. The van der Waals surface area contributed by atoms with Gasteiger partial charge in [-0.3, -0.25) is 13.9 Å². The van der Waals surface area contributed by atoms with Crippen molar-refractivity contribution in [2.45, 2.75) is 19.6 Å². The van der Waals surface area contributed by atoms with Crippen LogP contribution in [0.3, 0.4) is 0 Å². The molecule has 0 fully saturated rings. The fraction of sp³-hybridized carbons (Fsp3) is 0.192. The molecule has 35 heavy (non-hydrogen) atoms. The van der Waals surface area contributed by atoms with Crippen molar-refractivity contribution in [3.05, 3.63) is 110 Å². The van der Waals surface area contributed by atoms with Crippen molar-refractivity contribution in [3.63, 3.8) is 0 Å². The molecule has 0 atom stereocenters. The van der Waals surface area contributed by atoms with E-state index in [4.69, 9.17) is 15.2 Å². The number of nitrogens with zero attached hydrogens (tertiary/aromatic N) is 3. The first kappa shape index (κ1) is 23.6. The summed E-state index contributed by atoms with van der Waals surface area (Å²) in [7, 11) is 3.18. The third kappa shape index (κ3) is 5.70. The van der Waals surface area contributed by atoms with Gasteiger partial charge in [-0.2, -0.15) is 0 Å². The van der Waals surface area contributed by atoms with Crippen molar-refractivity contribution in [1.29, 1.82) is 0 Å². The second kappa shape index (κ2) is 10.6. The van der Waals surface area contributed by atoms with Crippen LogP contribution in [0, 0.1) is 0 Å². The van der Waals surface area contributed by atoms with Gasteiger partial charge in [-0.15, -0.1) is 0 Å².